The summed E-state index contributed by atoms with van der Waals surface area (Å²) in [5, 5.41) is 4.46. The van der Waals surface area contributed by atoms with Gasteiger partial charge in [0, 0.05) is 37.4 Å². The molecule has 0 fully saturated rings. The molecule has 1 atom stereocenters. The van der Waals surface area contributed by atoms with E-state index in [2.05, 4.69) is 54.3 Å². The molecule has 0 radical (unpaired) electrons. The van der Waals surface area contributed by atoms with E-state index in [4.69, 9.17) is 5.73 Å². The lowest BCUT2D eigenvalue weighted by atomic mass is 9.97. The summed E-state index contributed by atoms with van der Waals surface area (Å²) < 4.78 is 2.01. The van der Waals surface area contributed by atoms with Crippen molar-refractivity contribution >= 4 is 0 Å². The summed E-state index contributed by atoms with van der Waals surface area (Å²) in [5.41, 5.74) is 10.2. The van der Waals surface area contributed by atoms with E-state index >= 15 is 0 Å². The zero-order valence-electron chi connectivity index (χ0n) is 12.9. The molecular weight excluding hydrogens is 260 g/mol. The maximum absolute atomic E-state index is 6.06. The molecular formula is C17H24N4. The molecule has 4 heteroatoms. The lowest BCUT2D eigenvalue weighted by Crippen LogP contribution is -2.37. The number of rotatable bonds is 4. The van der Waals surface area contributed by atoms with Crippen LogP contribution in [0.25, 0.3) is 0 Å². The van der Waals surface area contributed by atoms with Gasteiger partial charge in [0.05, 0.1) is 12.2 Å². The third-order valence-corrected chi connectivity index (χ3v) is 4.36. The number of fused-ring (bicyclic) bond motifs is 1. The molecule has 1 unspecified atom stereocenters. The highest BCUT2D eigenvalue weighted by molar-refractivity contribution is 5.29. The summed E-state index contributed by atoms with van der Waals surface area (Å²) in [6, 6.07) is 9.36. The fourth-order valence-electron chi connectivity index (χ4n) is 3.09. The molecule has 2 heterocycles. The molecule has 0 saturated heterocycles. The third-order valence-electron chi connectivity index (χ3n) is 4.36. The first-order valence-corrected chi connectivity index (χ1v) is 7.74. The van der Waals surface area contributed by atoms with Gasteiger partial charge in [-0.3, -0.25) is 9.58 Å². The Morgan fingerprint density at radius 2 is 2.00 bits per heavy atom. The van der Waals surface area contributed by atoms with Crippen LogP contribution in [0.2, 0.25) is 0 Å². The molecule has 0 amide bonds. The Hall–Kier alpha value is -1.65. The van der Waals surface area contributed by atoms with E-state index in [9.17, 15) is 0 Å². The van der Waals surface area contributed by atoms with Gasteiger partial charge < -0.3 is 5.73 Å². The van der Waals surface area contributed by atoms with Crippen LogP contribution < -0.4 is 5.73 Å². The number of hydrogen-bond donors (Lipinski definition) is 1. The van der Waals surface area contributed by atoms with Crippen molar-refractivity contribution in [3.63, 3.8) is 0 Å². The summed E-state index contributed by atoms with van der Waals surface area (Å²) in [5.74, 6) is 0. The van der Waals surface area contributed by atoms with Gasteiger partial charge >= 0.3 is 0 Å². The van der Waals surface area contributed by atoms with Crippen LogP contribution in [0.4, 0.5) is 0 Å². The first-order chi connectivity index (χ1) is 10.2. The fraction of sp³-hybridized carbons (Fsp3) is 0.471. The predicted octanol–water partition coefficient (Wildman–Crippen LogP) is 2.52. The summed E-state index contributed by atoms with van der Waals surface area (Å²) in [6.07, 6.45) is 5.21. The molecule has 0 spiro atoms. The Kier molecular flexibility index (Phi) is 4.08. The lowest BCUT2D eigenvalue weighted by Gasteiger charge is -2.34. The van der Waals surface area contributed by atoms with E-state index in [1.807, 2.05) is 10.9 Å². The first kappa shape index (κ1) is 14.3. The lowest BCUT2D eigenvalue weighted by molar-refractivity contribution is 0.183. The highest BCUT2D eigenvalue weighted by Gasteiger charge is 2.24. The summed E-state index contributed by atoms with van der Waals surface area (Å²) >= 11 is 0. The van der Waals surface area contributed by atoms with Gasteiger partial charge in [-0.2, -0.15) is 5.10 Å². The number of benzene rings is 1. The second-order valence-corrected chi connectivity index (χ2v) is 6.09. The van der Waals surface area contributed by atoms with E-state index in [0.29, 0.717) is 12.6 Å². The van der Waals surface area contributed by atoms with Crippen LogP contribution in [0, 0.1) is 0 Å². The standard InChI is InChI=1S/C17H24N4/c1-13(2)21-12-16(10-19-21)17(9-18)20-8-7-14-5-3-4-6-15(14)11-20/h3-6,10,12-13,17H,7-9,11,18H2,1-2H3. The second kappa shape index (κ2) is 6.00. The number of aromatic nitrogens is 2. The first-order valence-electron chi connectivity index (χ1n) is 7.74. The van der Waals surface area contributed by atoms with Crippen molar-refractivity contribution in [2.75, 3.05) is 13.1 Å². The fourth-order valence-corrected chi connectivity index (χ4v) is 3.09. The van der Waals surface area contributed by atoms with Crippen LogP contribution in [-0.2, 0) is 13.0 Å². The number of hydrogen-bond acceptors (Lipinski definition) is 3. The molecule has 1 aromatic carbocycles. The quantitative estimate of drug-likeness (QED) is 0.938. The van der Waals surface area contributed by atoms with Crippen molar-refractivity contribution in [3.05, 3.63) is 53.3 Å². The van der Waals surface area contributed by atoms with Gasteiger partial charge in [0.1, 0.15) is 0 Å². The smallest absolute Gasteiger partial charge is 0.0538 e. The van der Waals surface area contributed by atoms with Crippen molar-refractivity contribution in [1.29, 1.82) is 0 Å². The van der Waals surface area contributed by atoms with Crippen molar-refractivity contribution in [1.82, 2.24) is 14.7 Å². The highest BCUT2D eigenvalue weighted by atomic mass is 15.3. The predicted molar refractivity (Wildman–Crippen MR) is 85.0 cm³/mol. The maximum atomic E-state index is 6.06. The van der Waals surface area contributed by atoms with Gasteiger partial charge in [0.2, 0.25) is 0 Å². The minimum Gasteiger partial charge on any atom is -0.329 e. The van der Waals surface area contributed by atoms with E-state index in [1.165, 1.54) is 16.7 Å². The van der Waals surface area contributed by atoms with Crippen molar-refractivity contribution < 1.29 is 0 Å². The largest absolute Gasteiger partial charge is 0.329 e. The van der Waals surface area contributed by atoms with E-state index in [-0.39, 0.29) is 6.04 Å². The molecule has 21 heavy (non-hydrogen) atoms. The molecule has 0 bridgehead atoms. The number of nitrogens with two attached hydrogens (primary N) is 1. The van der Waals surface area contributed by atoms with Crippen LogP contribution in [0.1, 0.15) is 42.6 Å². The molecule has 2 aromatic rings. The average Bonchev–Trinajstić information content (AvgIpc) is 2.98. The van der Waals surface area contributed by atoms with Gasteiger partial charge in [-0.05, 0) is 31.4 Å². The molecule has 0 aliphatic carbocycles. The molecule has 4 nitrogen and oxygen atoms in total. The molecule has 2 N–H and O–H groups in total. The summed E-state index contributed by atoms with van der Waals surface area (Å²) in [4.78, 5) is 2.48. The van der Waals surface area contributed by atoms with Crippen LogP contribution in [0.15, 0.2) is 36.7 Å². The summed E-state index contributed by atoms with van der Waals surface area (Å²) in [6.45, 7) is 6.96. The molecule has 1 aliphatic rings. The minimum absolute atomic E-state index is 0.255. The third kappa shape index (κ3) is 2.87. The topological polar surface area (TPSA) is 47.1 Å². The van der Waals surface area contributed by atoms with Crippen molar-refractivity contribution in [2.45, 2.75) is 38.9 Å². The molecule has 112 valence electrons. The highest BCUT2D eigenvalue weighted by Crippen LogP contribution is 2.27. The molecule has 1 aromatic heterocycles. The Balaban J connectivity index is 1.81. The Morgan fingerprint density at radius 1 is 1.24 bits per heavy atom. The van der Waals surface area contributed by atoms with E-state index < -0.39 is 0 Å². The van der Waals surface area contributed by atoms with E-state index in [0.717, 1.165) is 19.5 Å². The average molecular weight is 284 g/mol. The maximum Gasteiger partial charge on any atom is 0.0538 e. The van der Waals surface area contributed by atoms with Gasteiger partial charge in [0.25, 0.3) is 0 Å². The summed E-state index contributed by atoms with van der Waals surface area (Å²) in [7, 11) is 0. The second-order valence-electron chi connectivity index (χ2n) is 6.09. The van der Waals surface area contributed by atoms with Crippen molar-refractivity contribution in [3.8, 4) is 0 Å². The van der Waals surface area contributed by atoms with Gasteiger partial charge in [0.15, 0.2) is 0 Å². The van der Waals surface area contributed by atoms with Crippen LogP contribution >= 0.6 is 0 Å². The van der Waals surface area contributed by atoms with Crippen LogP contribution in [0.5, 0.6) is 0 Å². The molecule has 3 rings (SSSR count). The zero-order valence-corrected chi connectivity index (χ0v) is 12.9. The van der Waals surface area contributed by atoms with Crippen LogP contribution in [0.3, 0.4) is 0 Å². The SMILES string of the molecule is CC(C)n1cc(C(CN)N2CCc3ccccc3C2)cn1. The monoisotopic (exact) mass is 284 g/mol. The van der Waals surface area contributed by atoms with Gasteiger partial charge in [-0.15, -0.1) is 0 Å². The minimum atomic E-state index is 0.255. The number of nitrogens with zero attached hydrogens (tertiary/aromatic N) is 3. The Labute approximate surface area is 126 Å². The molecule has 1 aliphatic heterocycles. The van der Waals surface area contributed by atoms with Gasteiger partial charge in [-0.1, -0.05) is 24.3 Å². The Morgan fingerprint density at radius 3 is 2.67 bits per heavy atom. The van der Waals surface area contributed by atoms with Gasteiger partial charge in [-0.25, -0.2) is 0 Å². The zero-order chi connectivity index (χ0) is 14.8. The van der Waals surface area contributed by atoms with Crippen molar-refractivity contribution in [2.24, 2.45) is 5.73 Å². The molecule has 0 saturated carbocycles. The normalized spacial score (nSPS) is 17.0. The van der Waals surface area contributed by atoms with Crippen LogP contribution in [-0.4, -0.2) is 27.8 Å². The van der Waals surface area contributed by atoms with E-state index in [1.54, 1.807) is 0 Å². The Bertz CT molecular complexity index is 602.